The number of hydrogen-bond donors (Lipinski definition) is 1. The Kier molecular flexibility index (Phi) is 6.51. The van der Waals surface area contributed by atoms with Gasteiger partial charge in [-0.15, -0.1) is 0 Å². The lowest BCUT2D eigenvalue weighted by molar-refractivity contribution is -0.137. The Morgan fingerprint density at radius 2 is 1.91 bits per heavy atom. The van der Waals surface area contributed by atoms with Crippen molar-refractivity contribution in [2.45, 2.75) is 52.9 Å². The average molecular weight is 480 g/mol. The largest absolute Gasteiger partial charge is 0.372 e. The number of nitrogens with zero attached hydrogens (tertiary/aromatic N) is 3. The van der Waals surface area contributed by atoms with Gasteiger partial charge < -0.3 is 20.0 Å². The molecule has 4 rings (SSSR count). The van der Waals surface area contributed by atoms with Gasteiger partial charge in [-0.1, -0.05) is 19.1 Å². The predicted molar refractivity (Wildman–Crippen MR) is 143 cm³/mol. The lowest BCUT2D eigenvalue weighted by atomic mass is 9.98. The molecular weight excluding hydrogens is 436 g/mol. The molecule has 0 radical (unpaired) electrons. The Bertz CT molecular complexity index is 1140. The van der Waals surface area contributed by atoms with Crippen LogP contribution in [0.15, 0.2) is 42.5 Å². The van der Waals surface area contributed by atoms with Crippen LogP contribution in [0.25, 0.3) is 0 Å². The quantitative estimate of drug-likeness (QED) is 0.581. The summed E-state index contributed by atoms with van der Waals surface area (Å²) in [5, 5.41) is 3.49. The molecule has 0 aliphatic carbocycles. The van der Waals surface area contributed by atoms with Gasteiger partial charge in [0.25, 0.3) is 0 Å². The number of rotatable bonds is 7. The third-order valence-electron chi connectivity index (χ3n) is 7.64. The molecule has 2 aliphatic heterocycles. The molecule has 0 spiro atoms. The summed E-state index contributed by atoms with van der Waals surface area (Å²) >= 11 is 0. The number of aryl methyl sites for hydroxylation is 1. The molecule has 2 saturated heterocycles. The van der Waals surface area contributed by atoms with Crippen molar-refractivity contribution >= 4 is 28.9 Å². The van der Waals surface area contributed by atoms with Crippen molar-refractivity contribution in [1.29, 1.82) is 0 Å². The van der Waals surface area contributed by atoms with Crippen LogP contribution in [0.2, 0.25) is 0 Å². The first-order chi connectivity index (χ1) is 17.9. The molecule has 2 fully saturated rings. The predicted octanol–water partition coefficient (Wildman–Crippen LogP) is 5.36. The first-order valence-electron chi connectivity index (χ1n) is 14.2. The zero-order chi connectivity index (χ0) is 27.6. The molecule has 2 heterocycles. The minimum Gasteiger partial charge on any atom is -0.372 e. The van der Waals surface area contributed by atoms with Crippen LogP contribution in [0.5, 0.6) is 0 Å². The van der Waals surface area contributed by atoms with Crippen molar-refractivity contribution in [1.82, 2.24) is 9.80 Å². The maximum absolute atomic E-state index is 13.3. The lowest BCUT2D eigenvalue weighted by Crippen LogP contribution is -2.38. The van der Waals surface area contributed by atoms with Crippen molar-refractivity contribution in [2.75, 3.05) is 43.4 Å². The number of piperidine rings is 1. The first-order valence-corrected chi connectivity index (χ1v) is 12.7. The molecule has 2 aromatic carbocycles. The van der Waals surface area contributed by atoms with E-state index in [9.17, 15) is 9.59 Å². The average Bonchev–Trinajstić information content (AvgIpc) is 3.21. The molecule has 0 saturated carbocycles. The molecule has 2 aromatic rings. The molecule has 2 aliphatic rings. The molecule has 6 heteroatoms. The minimum absolute atomic E-state index is 0.0888. The number of hydrogen-bond acceptors (Lipinski definition) is 4. The molecule has 0 bridgehead atoms. The Labute approximate surface area is 214 Å². The molecule has 2 amide bonds. The second-order valence-electron chi connectivity index (χ2n) is 10.2. The van der Waals surface area contributed by atoms with Gasteiger partial charge in [0.15, 0.2) is 0 Å². The van der Waals surface area contributed by atoms with E-state index in [1.54, 1.807) is 7.05 Å². The van der Waals surface area contributed by atoms with Gasteiger partial charge in [0.05, 0.1) is 12.0 Å². The lowest BCUT2D eigenvalue weighted by Gasteiger charge is -2.32. The van der Waals surface area contributed by atoms with E-state index >= 15 is 0 Å². The van der Waals surface area contributed by atoms with Crippen molar-refractivity contribution < 1.29 is 13.7 Å². The Morgan fingerprint density at radius 3 is 2.51 bits per heavy atom. The number of carbonyl (C=O) groups excluding carboxylic acids is 2. The van der Waals surface area contributed by atoms with Crippen LogP contribution < -0.4 is 10.2 Å². The monoisotopic (exact) mass is 479 g/mol. The molecule has 6 nitrogen and oxygen atoms in total. The highest BCUT2D eigenvalue weighted by atomic mass is 16.2. The summed E-state index contributed by atoms with van der Waals surface area (Å²) in [6.07, 6.45) is 2.58. The van der Waals surface area contributed by atoms with E-state index in [-0.39, 0.29) is 24.8 Å². The molecular formula is C29H40N4O2. The zero-order valence-corrected chi connectivity index (χ0v) is 21.4. The van der Waals surface area contributed by atoms with Gasteiger partial charge in [-0.05, 0) is 80.9 Å². The Morgan fingerprint density at radius 1 is 1.20 bits per heavy atom. The number of nitrogens with one attached hydrogen (secondary N) is 1. The van der Waals surface area contributed by atoms with Gasteiger partial charge in [0.2, 0.25) is 11.8 Å². The van der Waals surface area contributed by atoms with E-state index < -0.39 is 18.8 Å². The fourth-order valence-electron chi connectivity index (χ4n) is 5.10. The normalized spacial score (nSPS) is 21.3. The fraction of sp³-hybridized carbons (Fsp3) is 0.517. The Hall–Kier alpha value is -3.02. The number of anilines is 3. The smallest absolute Gasteiger partial charge is 0.228 e. The highest BCUT2D eigenvalue weighted by Crippen LogP contribution is 2.30. The minimum atomic E-state index is -2.30. The summed E-state index contributed by atoms with van der Waals surface area (Å²) in [5.74, 6) is -0.0923. The van der Waals surface area contributed by atoms with Crippen LogP contribution in [0.1, 0.15) is 61.2 Å². The number of carbonyl (C=O) groups is 2. The third-order valence-corrected chi connectivity index (χ3v) is 7.64. The van der Waals surface area contributed by atoms with Gasteiger partial charge in [0, 0.05) is 60.8 Å². The van der Waals surface area contributed by atoms with Gasteiger partial charge >= 0.3 is 0 Å². The molecule has 2 atom stereocenters. The number of likely N-dealkylation sites (tertiary alicyclic amines) is 1. The van der Waals surface area contributed by atoms with E-state index in [4.69, 9.17) is 4.11 Å². The van der Waals surface area contributed by atoms with Gasteiger partial charge in [-0.25, -0.2) is 0 Å². The van der Waals surface area contributed by atoms with E-state index in [1.807, 2.05) is 31.2 Å². The van der Waals surface area contributed by atoms with Crippen LogP contribution in [0, 0.1) is 18.8 Å². The molecule has 0 aromatic heterocycles. The standard InChI is InChI=1S/C29H40N4O2/c1-6-33(29(35)24-18-28(34)31(5)19-24)22(4)23-7-9-25(10-8-23)30-27-12-11-26(17-21(27)3)32-15-13-20(2)14-16-32/h7-12,17,20,22,24,30H,6,13-16,18-19H2,1-5H3/i1D3. The van der Waals surface area contributed by atoms with Crippen LogP contribution >= 0.6 is 0 Å². The van der Waals surface area contributed by atoms with Crippen molar-refractivity contribution in [3.8, 4) is 0 Å². The highest BCUT2D eigenvalue weighted by molar-refractivity contribution is 5.89. The highest BCUT2D eigenvalue weighted by Gasteiger charge is 2.35. The van der Waals surface area contributed by atoms with E-state index in [1.165, 1.54) is 33.9 Å². The second kappa shape index (κ2) is 10.7. The van der Waals surface area contributed by atoms with Crippen molar-refractivity contribution in [3.63, 3.8) is 0 Å². The van der Waals surface area contributed by atoms with Gasteiger partial charge in [0.1, 0.15) is 0 Å². The summed E-state index contributed by atoms with van der Waals surface area (Å²) in [6, 6.07) is 13.9. The summed E-state index contributed by atoms with van der Waals surface area (Å²) in [7, 11) is 1.67. The maximum atomic E-state index is 13.3. The summed E-state index contributed by atoms with van der Waals surface area (Å²) < 4.78 is 23.3. The second-order valence-corrected chi connectivity index (χ2v) is 10.2. The van der Waals surface area contributed by atoms with Crippen LogP contribution in [-0.4, -0.2) is 54.8 Å². The van der Waals surface area contributed by atoms with Crippen molar-refractivity contribution in [3.05, 3.63) is 53.6 Å². The fourth-order valence-corrected chi connectivity index (χ4v) is 5.10. The molecule has 188 valence electrons. The number of benzene rings is 2. The van der Waals surface area contributed by atoms with E-state index in [0.29, 0.717) is 6.54 Å². The summed E-state index contributed by atoms with van der Waals surface area (Å²) in [5.41, 5.74) is 5.23. The van der Waals surface area contributed by atoms with Gasteiger partial charge in [-0.3, -0.25) is 9.59 Å². The molecule has 35 heavy (non-hydrogen) atoms. The van der Waals surface area contributed by atoms with Crippen LogP contribution in [0.3, 0.4) is 0 Å². The summed E-state index contributed by atoms with van der Waals surface area (Å²) in [6.45, 7) is 6.14. The molecule has 2 unspecified atom stereocenters. The SMILES string of the molecule is [2H]C([2H])([2H])CN(C(=O)C1CC(=O)N(C)C1)C(C)c1ccc(Nc2ccc(N3CCC(C)CC3)cc2C)cc1. The molecule has 1 N–H and O–H groups in total. The Balaban J connectivity index is 1.45. The third kappa shape index (κ3) is 5.63. The van der Waals surface area contributed by atoms with E-state index in [2.05, 4.69) is 42.3 Å². The van der Waals surface area contributed by atoms with Gasteiger partial charge in [-0.2, -0.15) is 0 Å². The topological polar surface area (TPSA) is 55.9 Å². The maximum Gasteiger partial charge on any atom is 0.228 e. The van der Waals surface area contributed by atoms with Crippen LogP contribution in [0.4, 0.5) is 17.1 Å². The zero-order valence-electron chi connectivity index (χ0n) is 24.4. The summed E-state index contributed by atoms with van der Waals surface area (Å²) in [4.78, 5) is 30.7. The number of amides is 2. The van der Waals surface area contributed by atoms with Crippen molar-refractivity contribution in [2.24, 2.45) is 11.8 Å². The first kappa shape index (κ1) is 21.3. The van der Waals surface area contributed by atoms with E-state index in [0.717, 1.165) is 35.9 Å². The van der Waals surface area contributed by atoms with Crippen LogP contribution in [-0.2, 0) is 9.59 Å².